The molecule has 0 aliphatic heterocycles. The SMILES string of the molecule is CC(C)(CCCOc1ccc(/C=C/c2ccsc2)cc1)C(=O)O. The Kier molecular flexibility index (Phi) is 5.99. The molecule has 4 heteroatoms. The molecule has 1 aromatic heterocycles. The predicted octanol–water partition coefficient (Wildman–Crippen LogP) is 5.19. The number of carboxylic acids is 1. The maximum absolute atomic E-state index is 11.0. The van der Waals surface area contributed by atoms with Crippen molar-refractivity contribution in [2.24, 2.45) is 5.41 Å². The zero-order valence-electron chi connectivity index (χ0n) is 13.5. The molecule has 0 saturated carbocycles. The zero-order chi connectivity index (χ0) is 16.7. The Morgan fingerprint density at radius 1 is 1.17 bits per heavy atom. The lowest BCUT2D eigenvalue weighted by molar-refractivity contribution is -0.147. The van der Waals surface area contributed by atoms with Crippen LogP contribution in [-0.2, 0) is 4.79 Å². The van der Waals surface area contributed by atoms with Crippen LogP contribution in [0.1, 0.15) is 37.8 Å². The van der Waals surface area contributed by atoms with Gasteiger partial charge < -0.3 is 9.84 Å². The summed E-state index contributed by atoms with van der Waals surface area (Å²) in [6, 6.07) is 9.99. The molecule has 2 aromatic rings. The summed E-state index contributed by atoms with van der Waals surface area (Å²) in [6.45, 7) is 4.01. The molecule has 0 spiro atoms. The zero-order valence-corrected chi connectivity index (χ0v) is 14.3. The first kappa shape index (κ1) is 17.3. The average molecular weight is 330 g/mol. The second-order valence-electron chi connectivity index (χ2n) is 6.10. The van der Waals surface area contributed by atoms with Crippen molar-refractivity contribution in [2.45, 2.75) is 26.7 Å². The molecule has 0 aliphatic rings. The molecule has 0 unspecified atom stereocenters. The van der Waals surface area contributed by atoms with Crippen molar-refractivity contribution in [2.75, 3.05) is 6.61 Å². The van der Waals surface area contributed by atoms with Gasteiger partial charge in [0.05, 0.1) is 12.0 Å². The summed E-state index contributed by atoms with van der Waals surface area (Å²) in [5.41, 5.74) is 1.63. The normalized spacial score (nSPS) is 11.7. The number of thiophene rings is 1. The van der Waals surface area contributed by atoms with E-state index in [0.717, 1.165) is 17.7 Å². The average Bonchev–Trinajstić information content (AvgIpc) is 3.04. The van der Waals surface area contributed by atoms with E-state index in [0.29, 0.717) is 13.0 Å². The van der Waals surface area contributed by atoms with Gasteiger partial charge in [0, 0.05) is 0 Å². The Balaban J connectivity index is 1.78. The van der Waals surface area contributed by atoms with E-state index in [1.165, 1.54) is 5.56 Å². The van der Waals surface area contributed by atoms with Gasteiger partial charge in [-0.2, -0.15) is 11.3 Å². The summed E-state index contributed by atoms with van der Waals surface area (Å²) in [5.74, 6) is 0.0464. The third-order valence-electron chi connectivity index (χ3n) is 3.69. The molecule has 122 valence electrons. The van der Waals surface area contributed by atoms with Crippen molar-refractivity contribution in [3.63, 3.8) is 0 Å². The number of benzene rings is 1. The van der Waals surface area contributed by atoms with Gasteiger partial charge in [0.2, 0.25) is 0 Å². The van der Waals surface area contributed by atoms with Crippen molar-refractivity contribution in [1.82, 2.24) is 0 Å². The summed E-state index contributed by atoms with van der Waals surface area (Å²) >= 11 is 1.68. The fourth-order valence-electron chi connectivity index (χ4n) is 2.05. The van der Waals surface area contributed by atoms with Gasteiger partial charge in [-0.3, -0.25) is 4.79 Å². The Hall–Kier alpha value is -2.07. The number of hydrogen-bond acceptors (Lipinski definition) is 3. The highest BCUT2D eigenvalue weighted by molar-refractivity contribution is 7.08. The fraction of sp³-hybridized carbons (Fsp3) is 0.316. The molecule has 0 atom stereocenters. The molecule has 1 N–H and O–H groups in total. The van der Waals surface area contributed by atoms with Crippen molar-refractivity contribution in [3.05, 3.63) is 52.2 Å². The molecule has 0 fully saturated rings. The van der Waals surface area contributed by atoms with Crippen molar-refractivity contribution in [1.29, 1.82) is 0 Å². The van der Waals surface area contributed by atoms with E-state index < -0.39 is 11.4 Å². The highest BCUT2D eigenvalue weighted by atomic mass is 32.1. The lowest BCUT2D eigenvalue weighted by Gasteiger charge is -2.18. The Bertz CT molecular complexity index is 640. The third-order valence-corrected chi connectivity index (χ3v) is 4.39. The number of hydrogen-bond donors (Lipinski definition) is 1. The van der Waals surface area contributed by atoms with Crippen LogP contribution in [-0.4, -0.2) is 17.7 Å². The molecule has 1 aromatic carbocycles. The van der Waals surface area contributed by atoms with Crippen LogP contribution in [0.4, 0.5) is 0 Å². The van der Waals surface area contributed by atoms with E-state index >= 15 is 0 Å². The molecule has 0 saturated heterocycles. The minimum atomic E-state index is -0.765. The molecule has 23 heavy (non-hydrogen) atoms. The Morgan fingerprint density at radius 2 is 1.87 bits per heavy atom. The Morgan fingerprint density at radius 3 is 2.48 bits per heavy atom. The molecule has 0 bridgehead atoms. The summed E-state index contributed by atoms with van der Waals surface area (Å²) in [4.78, 5) is 11.0. The van der Waals surface area contributed by atoms with E-state index in [9.17, 15) is 4.79 Å². The summed E-state index contributed by atoms with van der Waals surface area (Å²) < 4.78 is 5.67. The van der Waals surface area contributed by atoms with Crippen LogP contribution in [0.25, 0.3) is 12.2 Å². The maximum Gasteiger partial charge on any atom is 0.309 e. The van der Waals surface area contributed by atoms with E-state index in [4.69, 9.17) is 9.84 Å². The second kappa shape index (κ2) is 7.97. The number of ether oxygens (including phenoxy) is 1. The number of carboxylic acid groups (broad SMARTS) is 1. The molecule has 1 heterocycles. The Labute approximate surface area is 141 Å². The third kappa shape index (κ3) is 5.57. The lowest BCUT2D eigenvalue weighted by atomic mass is 9.88. The number of aliphatic carboxylic acids is 1. The van der Waals surface area contributed by atoms with Crippen LogP contribution in [0.3, 0.4) is 0 Å². The quantitative estimate of drug-likeness (QED) is 0.678. The topological polar surface area (TPSA) is 46.5 Å². The number of rotatable bonds is 8. The summed E-state index contributed by atoms with van der Waals surface area (Å²) in [5, 5.41) is 13.2. The van der Waals surface area contributed by atoms with Crippen molar-refractivity contribution in [3.8, 4) is 5.75 Å². The van der Waals surface area contributed by atoms with Crippen LogP contribution in [0.15, 0.2) is 41.1 Å². The molecule has 3 nitrogen and oxygen atoms in total. The van der Waals surface area contributed by atoms with Gasteiger partial charge in [-0.05, 0) is 66.8 Å². The monoisotopic (exact) mass is 330 g/mol. The molecule has 0 amide bonds. The van der Waals surface area contributed by atoms with Gasteiger partial charge in [-0.15, -0.1) is 0 Å². The summed E-state index contributed by atoms with van der Waals surface area (Å²) in [7, 11) is 0. The van der Waals surface area contributed by atoms with E-state index in [2.05, 4.69) is 29.0 Å². The predicted molar refractivity (Wildman–Crippen MR) is 95.8 cm³/mol. The first-order chi connectivity index (χ1) is 11.0. The minimum Gasteiger partial charge on any atom is -0.494 e. The van der Waals surface area contributed by atoms with Gasteiger partial charge in [0.1, 0.15) is 5.75 Å². The van der Waals surface area contributed by atoms with Gasteiger partial charge in [0.15, 0.2) is 0 Å². The van der Waals surface area contributed by atoms with Crippen molar-refractivity contribution < 1.29 is 14.6 Å². The van der Waals surface area contributed by atoms with E-state index in [1.54, 1.807) is 25.2 Å². The van der Waals surface area contributed by atoms with Crippen LogP contribution < -0.4 is 4.74 Å². The van der Waals surface area contributed by atoms with Gasteiger partial charge in [-0.25, -0.2) is 0 Å². The second-order valence-corrected chi connectivity index (χ2v) is 6.88. The fourth-order valence-corrected chi connectivity index (χ4v) is 2.68. The van der Waals surface area contributed by atoms with Gasteiger partial charge >= 0.3 is 5.97 Å². The lowest BCUT2D eigenvalue weighted by Crippen LogP contribution is -2.24. The van der Waals surface area contributed by atoms with E-state index in [1.807, 2.05) is 24.3 Å². The van der Waals surface area contributed by atoms with Crippen molar-refractivity contribution >= 4 is 29.5 Å². The molecular formula is C19H22O3S. The van der Waals surface area contributed by atoms with Crippen LogP contribution in [0.2, 0.25) is 0 Å². The molecule has 0 radical (unpaired) electrons. The maximum atomic E-state index is 11.0. The molecular weight excluding hydrogens is 308 g/mol. The van der Waals surface area contributed by atoms with Crippen LogP contribution in [0, 0.1) is 5.41 Å². The smallest absolute Gasteiger partial charge is 0.309 e. The largest absolute Gasteiger partial charge is 0.494 e. The van der Waals surface area contributed by atoms with E-state index in [-0.39, 0.29) is 0 Å². The van der Waals surface area contributed by atoms with Gasteiger partial charge in [0.25, 0.3) is 0 Å². The van der Waals surface area contributed by atoms with Crippen LogP contribution in [0.5, 0.6) is 5.75 Å². The van der Waals surface area contributed by atoms with Gasteiger partial charge in [-0.1, -0.05) is 24.3 Å². The highest BCUT2D eigenvalue weighted by Gasteiger charge is 2.26. The standard InChI is InChI=1S/C19H22O3S/c1-19(2,18(20)21)11-3-12-22-17-8-6-15(7-9-17)4-5-16-10-13-23-14-16/h4-10,13-14H,3,11-12H2,1-2H3,(H,20,21)/b5-4+. The highest BCUT2D eigenvalue weighted by Crippen LogP contribution is 2.23. The summed E-state index contributed by atoms with van der Waals surface area (Å²) in [6.07, 6.45) is 5.48. The molecule has 2 rings (SSSR count). The number of carbonyl (C=O) groups is 1. The first-order valence-corrected chi connectivity index (χ1v) is 8.58. The van der Waals surface area contributed by atoms with Crippen LogP contribution >= 0.6 is 11.3 Å². The minimum absolute atomic E-state index is 0.529. The molecule has 0 aliphatic carbocycles. The first-order valence-electron chi connectivity index (χ1n) is 7.64.